The molecule has 32 heavy (non-hydrogen) atoms. The van der Waals surface area contributed by atoms with Gasteiger partial charge in [0.05, 0.1) is 16.8 Å². The van der Waals surface area contributed by atoms with E-state index in [2.05, 4.69) is 15.9 Å². The van der Waals surface area contributed by atoms with E-state index < -0.39 is 12.1 Å². The SMILES string of the molecule is Cc1ccc(C(=O)[C@H](C)OC(=O)c2cc(-c3ccc(Br)cc3)nc3ccc(C)cc23)cc1. The van der Waals surface area contributed by atoms with Crippen LogP contribution in [0.4, 0.5) is 0 Å². The van der Waals surface area contributed by atoms with Crippen molar-refractivity contribution in [3.63, 3.8) is 0 Å². The molecule has 0 fully saturated rings. The molecular weight excluding hydrogens is 466 g/mol. The van der Waals surface area contributed by atoms with Gasteiger partial charge in [-0.2, -0.15) is 0 Å². The summed E-state index contributed by atoms with van der Waals surface area (Å²) >= 11 is 3.44. The third-order valence-corrected chi connectivity index (χ3v) is 5.84. The maximum absolute atomic E-state index is 13.2. The van der Waals surface area contributed by atoms with Crippen LogP contribution in [-0.4, -0.2) is 22.8 Å². The van der Waals surface area contributed by atoms with Gasteiger partial charge in [-0.25, -0.2) is 9.78 Å². The van der Waals surface area contributed by atoms with Gasteiger partial charge in [-0.15, -0.1) is 0 Å². The standard InChI is InChI=1S/C27H22BrNO3/c1-16-4-7-20(8-5-16)26(30)18(3)32-27(31)23-15-25(19-9-11-21(28)12-10-19)29-24-13-6-17(2)14-22(23)24/h4-15,18H,1-3H3/t18-/m0/s1. The fourth-order valence-electron chi connectivity index (χ4n) is 3.51. The Bertz CT molecular complexity index is 1310. The highest BCUT2D eigenvalue weighted by Crippen LogP contribution is 2.27. The third kappa shape index (κ3) is 4.63. The fourth-order valence-corrected chi connectivity index (χ4v) is 3.77. The van der Waals surface area contributed by atoms with Crippen molar-refractivity contribution in [2.75, 3.05) is 0 Å². The van der Waals surface area contributed by atoms with E-state index in [-0.39, 0.29) is 5.78 Å². The van der Waals surface area contributed by atoms with Crippen molar-refractivity contribution in [3.05, 3.63) is 99.5 Å². The Hall–Kier alpha value is -3.31. The molecule has 5 heteroatoms. The number of ketones is 1. The topological polar surface area (TPSA) is 56.3 Å². The molecule has 1 heterocycles. The average Bonchev–Trinajstić information content (AvgIpc) is 2.78. The number of carbonyl (C=O) groups is 2. The molecule has 0 saturated heterocycles. The molecule has 0 aliphatic heterocycles. The second-order valence-corrected chi connectivity index (χ2v) is 8.78. The summed E-state index contributed by atoms with van der Waals surface area (Å²) in [5.41, 5.74) is 5.22. The zero-order valence-corrected chi connectivity index (χ0v) is 19.6. The molecule has 3 aromatic carbocycles. The maximum Gasteiger partial charge on any atom is 0.339 e. The number of rotatable bonds is 5. The molecule has 4 aromatic rings. The molecule has 0 bridgehead atoms. The number of ether oxygens (including phenoxy) is 1. The number of fused-ring (bicyclic) bond motifs is 1. The Morgan fingerprint density at radius 1 is 0.875 bits per heavy atom. The van der Waals surface area contributed by atoms with Crippen molar-refractivity contribution in [2.45, 2.75) is 26.9 Å². The molecule has 0 N–H and O–H groups in total. The fraction of sp³-hybridized carbons (Fsp3) is 0.148. The van der Waals surface area contributed by atoms with Gasteiger partial charge in [-0.1, -0.05) is 69.5 Å². The first-order valence-corrected chi connectivity index (χ1v) is 11.1. The maximum atomic E-state index is 13.2. The lowest BCUT2D eigenvalue weighted by Crippen LogP contribution is -2.24. The van der Waals surface area contributed by atoms with Crippen LogP contribution in [0.3, 0.4) is 0 Å². The van der Waals surface area contributed by atoms with Crippen LogP contribution in [-0.2, 0) is 4.74 Å². The van der Waals surface area contributed by atoms with Crippen LogP contribution < -0.4 is 0 Å². The minimum absolute atomic E-state index is 0.235. The smallest absolute Gasteiger partial charge is 0.339 e. The zero-order valence-electron chi connectivity index (χ0n) is 18.1. The molecule has 1 atom stereocenters. The molecule has 1 aromatic heterocycles. The van der Waals surface area contributed by atoms with E-state index in [9.17, 15) is 9.59 Å². The zero-order chi connectivity index (χ0) is 22.8. The van der Waals surface area contributed by atoms with E-state index >= 15 is 0 Å². The Morgan fingerprint density at radius 2 is 1.53 bits per heavy atom. The summed E-state index contributed by atoms with van der Waals surface area (Å²) in [6.07, 6.45) is -0.908. The monoisotopic (exact) mass is 487 g/mol. The van der Waals surface area contributed by atoms with E-state index in [1.807, 2.05) is 68.4 Å². The highest BCUT2D eigenvalue weighted by molar-refractivity contribution is 9.10. The molecule has 0 radical (unpaired) electrons. The van der Waals surface area contributed by atoms with Crippen LogP contribution in [0.5, 0.6) is 0 Å². The van der Waals surface area contributed by atoms with Crippen LogP contribution in [0.15, 0.2) is 77.3 Å². The number of carbonyl (C=O) groups excluding carboxylic acids is 2. The van der Waals surface area contributed by atoms with Gasteiger partial charge in [-0.3, -0.25) is 4.79 Å². The molecule has 4 nitrogen and oxygen atoms in total. The van der Waals surface area contributed by atoms with Crippen molar-refractivity contribution >= 4 is 38.6 Å². The second-order valence-electron chi connectivity index (χ2n) is 7.86. The molecule has 0 amide bonds. The van der Waals surface area contributed by atoms with Gasteiger partial charge in [0.2, 0.25) is 5.78 Å². The van der Waals surface area contributed by atoms with Crippen molar-refractivity contribution in [3.8, 4) is 11.3 Å². The predicted molar refractivity (Wildman–Crippen MR) is 130 cm³/mol. The summed E-state index contributed by atoms with van der Waals surface area (Å²) < 4.78 is 6.58. The lowest BCUT2D eigenvalue weighted by molar-refractivity contribution is 0.0320. The minimum Gasteiger partial charge on any atom is -0.451 e. The largest absolute Gasteiger partial charge is 0.451 e. The Morgan fingerprint density at radius 3 is 2.22 bits per heavy atom. The van der Waals surface area contributed by atoms with Gasteiger partial charge in [0.25, 0.3) is 0 Å². The number of hydrogen-bond acceptors (Lipinski definition) is 4. The number of esters is 1. The lowest BCUT2D eigenvalue weighted by atomic mass is 10.0. The van der Waals surface area contributed by atoms with E-state index in [0.29, 0.717) is 27.7 Å². The molecule has 160 valence electrons. The first kappa shape index (κ1) is 21.9. The van der Waals surface area contributed by atoms with Crippen molar-refractivity contribution < 1.29 is 14.3 Å². The van der Waals surface area contributed by atoms with Crippen molar-refractivity contribution in [1.82, 2.24) is 4.98 Å². The van der Waals surface area contributed by atoms with E-state index in [4.69, 9.17) is 9.72 Å². The third-order valence-electron chi connectivity index (χ3n) is 5.31. The summed E-state index contributed by atoms with van der Waals surface area (Å²) in [5, 5.41) is 0.700. The van der Waals surface area contributed by atoms with Crippen molar-refractivity contribution in [2.24, 2.45) is 0 Å². The number of halogens is 1. The molecule has 4 rings (SSSR count). The summed E-state index contributed by atoms with van der Waals surface area (Å²) in [4.78, 5) is 30.7. The summed E-state index contributed by atoms with van der Waals surface area (Å²) in [7, 11) is 0. The van der Waals surface area contributed by atoms with Gasteiger partial charge < -0.3 is 4.74 Å². The number of nitrogens with zero attached hydrogens (tertiary/aromatic N) is 1. The van der Waals surface area contributed by atoms with Crippen LogP contribution in [0.2, 0.25) is 0 Å². The Balaban J connectivity index is 1.70. The summed E-state index contributed by atoms with van der Waals surface area (Å²) in [6, 6.07) is 22.5. The first-order valence-electron chi connectivity index (χ1n) is 10.3. The van der Waals surface area contributed by atoms with Gasteiger partial charge in [0.15, 0.2) is 6.10 Å². The van der Waals surface area contributed by atoms with Crippen molar-refractivity contribution in [1.29, 1.82) is 0 Å². The van der Waals surface area contributed by atoms with Gasteiger partial charge in [-0.05, 0) is 51.1 Å². The van der Waals surface area contributed by atoms with E-state index in [0.717, 1.165) is 21.2 Å². The normalized spacial score (nSPS) is 11.9. The highest BCUT2D eigenvalue weighted by atomic mass is 79.9. The van der Waals surface area contributed by atoms with Gasteiger partial charge in [0, 0.05) is 21.0 Å². The van der Waals surface area contributed by atoms with E-state index in [1.54, 1.807) is 25.1 Å². The second kappa shape index (κ2) is 9.05. The van der Waals surface area contributed by atoms with Crippen LogP contribution in [0.1, 0.15) is 38.8 Å². The number of aryl methyl sites for hydroxylation is 2. The molecule has 0 aliphatic carbocycles. The number of aromatic nitrogens is 1. The highest BCUT2D eigenvalue weighted by Gasteiger charge is 2.22. The Kier molecular flexibility index (Phi) is 6.19. The average molecular weight is 488 g/mol. The van der Waals surface area contributed by atoms with Crippen LogP contribution in [0, 0.1) is 13.8 Å². The summed E-state index contributed by atoms with van der Waals surface area (Å²) in [6.45, 7) is 5.52. The van der Waals surface area contributed by atoms with E-state index in [1.165, 1.54) is 0 Å². The molecular formula is C27H22BrNO3. The Labute approximate surface area is 195 Å². The van der Waals surface area contributed by atoms with Crippen LogP contribution >= 0.6 is 15.9 Å². The first-order chi connectivity index (χ1) is 15.3. The molecule has 0 aliphatic rings. The minimum atomic E-state index is -0.908. The van der Waals surface area contributed by atoms with Gasteiger partial charge in [0.1, 0.15) is 0 Å². The quantitative estimate of drug-likeness (QED) is 0.232. The number of hydrogen-bond donors (Lipinski definition) is 0. The number of pyridine rings is 1. The lowest BCUT2D eigenvalue weighted by Gasteiger charge is -2.15. The molecule has 0 spiro atoms. The van der Waals surface area contributed by atoms with Crippen LogP contribution in [0.25, 0.3) is 22.2 Å². The molecule has 0 unspecified atom stereocenters. The molecule has 0 saturated carbocycles. The summed E-state index contributed by atoms with van der Waals surface area (Å²) in [5.74, 6) is -0.782. The number of benzene rings is 3. The van der Waals surface area contributed by atoms with Gasteiger partial charge >= 0.3 is 5.97 Å². The number of Topliss-reactive ketones (excluding diaryl/α,β-unsaturated/α-hetero) is 1. The predicted octanol–water partition coefficient (Wildman–Crippen LogP) is 6.71.